The van der Waals surface area contributed by atoms with E-state index in [0.717, 1.165) is 17.7 Å². The van der Waals surface area contributed by atoms with Crippen molar-refractivity contribution in [3.05, 3.63) is 35.4 Å². The average molecular weight is 304 g/mol. The van der Waals surface area contributed by atoms with Crippen LogP contribution in [0, 0.1) is 0 Å². The van der Waals surface area contributed by atoms with Crippen molar-refractivity contribution in [3.8, 4) is 0 Å². The van der Waals surface area contributed by atoms with Gasteiger partial charge in [0.2, 0.25) is 0 Å². The molecule has 0 aromatic heterocycles. The van der Waals surface area contributed by atoms with Gasteiger partial charge in [-0.05, 0) is 18.6 Å². The van der Waals surface area contributed by atoms with Crippen LogP contribution in [0.2, 0.25) is 0 Å². The maximum Gasteiger partial charge on any atom is 0.320 e. The number of carboxylic acid groups (broad SMARTS) is 1. The standard InChI is InChI=1S/C16H20N2O4/c1-2-3-8-13(16(21)22)17-9-10-18-14(19)11-6-4-5-7-12(11)15(18)20/h4-7,13,17H,2-3,8-10H2,1H3,(H,21,22)/t13-/m0/s1. The van der Waals surface area contributed by atoms with Crippen LogP contribution in [-0.4, -0.2) is 46.9 Å². The first-order valence-corrected chi connectivity index (χ1v) is 7.47. The van der Waals surface area contributed by atoms with E-state index in [1.54, 1.807) is 24.3 Å². The van der Waals surface area contributed by atoms with Crippen molar-refractivity contribution in [2.24, 2.45) is 0 Å². The molecule has 0 spiro atoms. The van der Waals surface area contributed by atoms with E-state index < -0.39 is 12.0 Å². The summed E-state index contributed by atoms with van der Waals surface area (Å²) in [5.41, 5.74) is 0.821. The molecule has 1 aromatic carbocycles. The van der Waals surface area contributed by atoms with Gasteiger partial charge < -0.3 is 10.4 Å². The molecular formula is C16H20N2O4. The van der Waals surface area contributed by atoms with E-state index in [9.17, 15) is 14.4 Å². The number of imide groups is 1. The fraction of sp³-hybridized carbons (Fsp3) is 0.438. The molecule has 118 valence electrons. The van der Waals surface area contributed by atoms with Gasteiger partial charge in [0.1, 0.15) is 6.04 Å². The van der Waals surface area contributed by atoms with Gasteiger partial charge in [-0.15, -0.1) is 0 Å². The van der Waals surface area contributed by atoms with Crippen LogP contribution in [0.15, 0.2) is 24.3 Å². The van der Waals surface area contributed by atoms with Crippen LogP contribution in [0.4, 0.5) is 0 Å². The highest BCUT2D eigenvalue weighted by Gasteiger charge is 2.34. The Balaban J connectivity index is 1.91. The Morgan fingerprint density at radius 1 is 1.23 bits per heavy atom. The topological polar surface area (TPSA) is 86.7 Å². The number of aliphatic carboxylic acids is 1. The minimum atomic E-state index is -0.907. The first kappa shape index (κ1) is 16.2. The highest BCUT2D eigenvalue weighted by molar-refractivity contribution is 6.21. The fourth-order valence-electron chi connectivity index (χ4n) is 2.51. The number of carboxylic acids is 1. The maximum absolute atomic E-state index is 12.1. The largest absolute Gasteiger partial charge is 0.480 e. The number of benzene rings is 1. The molecule has 1 aliphatic rings. The van der Waals surface area contributed by atoms with Crippen molar-refractivity contribution in [2.45, 2.75) is 32.2 Å². The molecule has 1 aliphatic heterocycles. The van der Waals surface area contributed by atoms with E-state index >= 15 is 0 Å². The number of amides is 2. The predicted molar refractivity (Wildman–Crippen MR) is 80.8 cm³/mol. The van der Waals surface area contributed by atoms with Crippen LogP contribution in [0.1, 0.15) is 46.9 Å². The summed E-state index contributed by atoms with van der Waals surface area (Å²) < 4.78 is 0. The van der Waals surface area contributed by atoms with Crippen molar-refractivity contribution >= 4 is 17.8 Å². The highest BCUT2D eigenvalue weighted by Crippen LogP contribution is 2.21. The molecular weight excluding hydrogens is 284 g/mol. The number of unbranched alkanes of at least 4 members (excludes halogenated alkanes) is 1. The van der Waals surface area contributed by atoms with E-state index in [0.29, 0.717) is 17.5 Å². The van der Waals surface area contributed by atoms with E-state index in [1.807, 2.05) is 6.92 Å². The number of hydrogen-bond acceptors (Lipinski definition) is 4. The number of nitrogens with one attached hydrogen (secondary N) is 1. The third-order valence-electron chi connectivity index (χ3n) is 3.75. The lowest BCUT2D eigenvalue weighted by Gasteiger charge is -2.17. The van der Waals surface area contributed by atoms with Crippen molar-refractivity contribution in [2.75, 3.05) is 13.1 Å². The molecule has 6 nitrogen and oxygen atoms in total. The van der Waals surface area contributed by atoms with Crippen LogP contribution >= 0.6 is 0 Å². The Labute approximate surface area is 129 Å². The van der Waals surface area contributed by atoms with Crippen LogP contribution in [0.3, 0.4) is 0 Å². The van der Waals surface area contributed by atoms with Crippen molar-refractivity contribution < 1.29 is 19.5 Å². The first-order chi connectivity index (χ1) is 10.6. The van der Waals surface area contributed by atoms with Gasteiger partial charge >= 0.3 is 5.97 Å². The van der Waals surface area contributed by atoms with Gasteiger partial charge in [-0.2, -0.15) is 0 Å². The van der Waals surface area contributed by atoms with Gasteiger partial charge in [0, 0.05) is 13.1 Å². The fourth-order valence-corrected chi connectivity index (χ4v) is 2.51. The van der Waals surface area contributed by atoms with Gasteiger partial charge in [0.25, 0.3) is 11.8 Å². The molecule has 1 atom stereocenters. The number of fused-ring (bicyclic) bond motifs is 1. The Hall–Kier alpha value is -2.21. The summed E-state index contributed by atoms with van der Waals surface area (Å²) in [6.45, 7) is 2.44. The van der Waals surface area contributed by atoms with Crippen LogP contribution in [0.25, 0.3) is 0 Å². The van der Waals surface area contributed by atoms with Gasteiger partial charge in [0.05, 0.1) is 11.1 Å². The first-order valence-electron chi connectivity index (χ1n) is 7.47. The lowest BCUT2D eigenvalue weighted by Crippen LogP contribution is -2.42. The summed E-state index contributed by atoms with van der Waals surface area (Å²) >= 11 is 0. The average Bonchev–Trinajstić information content (AvgIpc) is 2.75. The number of nitrogens with zero attached hydrogens (tertiary/aromatic N) is 1. The molecule has 22 heavy (non-hydrogen) atoms. The zero-order valence-electron chi connectivity index (χ0n) is 12.5. The third kappa shape index (κ3) is 3.33. The van der Waals surface area contributed by atoms with Crippen LogP contribution in [0.5, 0.6) is 0 Å². The predicted octanol–water partition coefficient (Wildman–Crippen LogP) is 1.52. The van der Waals surface area contributed by atoms with Crippen molar-refractivity contribution in [1.29, 1.82) is 0 Å². The molecule has 2 N–H and O–H groups in total. The summed E-state index contributed by atoms with van der Waals surface area (Å²) in [4.78, 5) is 36.6. The number of rotatable bonds is 8. The SMILES string of the molecule is CCCC[C@H](NCCN1C(=O)c2ccccc2C1=O)C(=O)O. The molecule has 0 saturated heterocycles. The van der Waals surface area contributed by atoms with Gasteiger partial charge in [-0.25, -0.2) is 0 Å². The minimum Gasteiger partial charge on any atom is -0.480 e. The minimum absolute atomic E-state index is 0.169. The highest BCUT2D eigenvalue weighted by atomic mass is 16.4. The summed E-state index contributed by atoms with van der Waals surface area (Å²) in [6, 6.07) is 6.05. The Morgan fingerprint density at radius 3 is 2.32 bits per heavy atom. The molecule has 0 aliphatic carbocycles. The van der Waals surface area contributed by atoms with Crippen molar-refractivity contribution in [1.82, 2.24) is 10.2 Å². The lowest BCUT2D eigenvalue weighted by molar-refractivity contribution is -0.139. The van der Waals surface area contributed by atoms with E-state index in [1.165, 1.54) is 0 Å². The lowest BCUT2D eigenvalue weighted by atomic mass is 10.1. The molecule has 1 heterocycles. The second-order valence-corrected chi connectivity index (χ2v) is 5.29. The normalized spacial score (nSPS) is 15.0. The summed E-state index contributed by atoms with van der Waals surface area (Å²) in [6.07, 6.45) is 2.27. The molecule has 0 unspecified atom stereocenters. The van der Waals surface area contributed by atoms with Crippen LogP contribution < -0.4 is 5.32 Å². The van der Waals surface area contributed by atoms with Gasteiger partial charge in [-0.1, -0.05) is 31.9 Å². The Bertz CT molecular complexity index is 550. The number of hydrogen-bond donors (Lipinski definition) is 2. The Morgan fingerprint density at radius 2 is 1.82 bits per heavy atom. The second kappa shape index (κ2) is 7.17. The van der Waals surface area contributed by atoms with Gasteiger partial charge in [-0.3, -0.25) is 19.3 Å². The van der Waals surface area contributed by atoms with E-state index in [-0.39, 0.29) is 24.9 Å². The molecule has 0 fully saturated rings. The second-order valence-electron chi connectivity index (χ2n) is 5.29. The molecule has 2 amide bonds. The number of carbonyl (C=O) groups is 3. The summed E-state index contributed by atoms with van der Waals surface area (Å²) in [5, 5.41) is 12.0. The number of carbonyl (C=O) groups excluding carboxylic acids is 2. The maximum atomic E-state index is 12.1. The zero-order valence-corrected chi connectivity index (χ0v) is 12.5. The zero-order chi connectivity index (χ0) is 16.1. The monoisotopic (exact) mass is 304 g/mol. The quantitative estimate of drug-likeness (QED) is 0.711. The molecule has 0 radical (unpaired) electrons. The smallest absolute Gasteiger partial charge is 0.320 e. The molecule has 0 saturated carbocycles. The summed E-state index contributed by atoms with van der Waals surface area (Å²) in [5.74, 6) is -1.54. The molecule has 1 aromatic rings. The van der Waals surface area contributed by atoms with E-state index in [2.05, 4.69) is 5.32 Å². The van der Waals surface area contributed by atoms with E-state index in [4.69, 9.17) is 5.11 Å². The molecule has 2 rings (SSSR count). The summed E-state index contributed by atoms with van der Waals surface area (Å²) in [7, 11) is 0. The van der Waals surface area contributed by atoms with Crippen molar-refractivity contribution in [3.63, 3.8) is 0 Å². The Kier molecular flexibility index (Phi) is 5.27. The van der Waals surface area contributed by atoms with Gasteiger partial charge in [0.15, 0.2) is 0 Å². The third-order valence-corrected chi connectivity index (χ3v) is 3.75. The molecule has 6 heteroatoms. The molecule has 0 bridgehead atoms. The van der Waals surface area contributed by atoms with Crippen LogP contribution in [-0.2, 0) is 4.79 Å².